The summed E-state index contributed by atoms with van der Waals surface area (Å²) in [5, 5.41) is 6.83. The van der Waals surface area contributed by atoms with Crippen LogP contribution in [-0.2, 0) is 4.79 Å². The van der Waals surface area contributed by atoms with Crippen molar-refractivity contribution in [3.05, 3.63) is 81.2 Å². The molecule has 0 spiro atoms. The van der Waals surface area contributed by atoms with Crippen LogP contribution < -0.4 is 10.6 Å². The number of benzene rings is 1. The summed E-state index contributed by atoms with van der Waals surface area (Å²) in [4.78, 5) is 20.2. The van der Waals surface area contributed by atoms with Crippen molar-refractivity contribution in [1.82, 2.24) is 15.2 Å². The first-order valence-electron chi connectivity index (χ1n) is 8.70. The predicted molar refractivity (Wildman–Crippen MR) is 119 cm³/mol. The highest BCUT2D eigenvalue weighted by Gasteiger charge is 2.41. The van der Waals surface area contributed by atoms with Crippen LogP contribution in [0.15, 0.2) is 70.6 Å². The van der Waals surface area contributed by atoms with Gasteiger partial charge in [0.2, 0.25) is 5.91 Å². The number of hydrogen-bond acceptors (Lipinski definition) is 4. The fraction of sp³-hybridized carbons (Fsp3) is 0.150. The van der Waals surface area contributed by atoms with Gasteiger partial charge in [0.05, 0.1) is 21.6 Å². The molecular formula is C20H17BrN4OS2. The Bertz CT molecular complexity index is 980. The van der Waals surface area contributed by atoms with Crippen LogP contribution in [0, 0.1) is 0 Å². The van der Waals surface area contributed by atoms with E-state index in [0.29, 0.717) is 5.11 Å². The average Bonchev–Trinajstić information content (AvgIpc) is 3.26. The van der Waals surface area contributed by atoms with Gasteiger partial charge in [0.15, 0.2) is 5.11 Å². The predicted octanol–water partition coefficient (Wildman–Crippen LogP) is 4.52. The third-order valence-electron chi connectivity index (χ3n) is 4.45. The SMILES string of the molecule is O=C(CN1C(=S)N[C@H](c2ccccn2)[C@H]1c1ccc(Br)s1)Nc1ccccc1. The van der Waals surface area contributed by atoms with E-state index in [1.807, 2.05) is 59.5 Å². The second-order valence-corrected chi connectivity index (χ2v) is 9.19. The molecule has 5 nitrogen and oxygen atoms in total. The number of aromatic nitrogens is 1. The van der Waals surface area contributed by atoms with Gasteiger partial charge in [-0.2, -0.15) is 0 Å². The fourth-order valence-corrected chi connectivity index (χ4v) is 5.13. The van der Waals surface area contributed by atoms with Gasteiger partial charge in [0.25, 0.3) is 0 Å². The number of carbonyl (C=O) groups excluding carboxylic acids is 1. The molecule has 8 heteroatoms. The largest absolute Gasteiger partial charge is 0.352 e. The number of para-hydroxylation sites is 1. The van der Waals surface area contributed by atoms with E-state index in [1.165, 1.54) is 0 Å². The van der Waals surface area contributed by atoms with Crippen LogP contribution in [-0.4, -0.2) is 27.4 Å². The molecule has 0 radical (unpaired) electrons. The van der Waals surface area contributed by atoms with Crippen molar-refractivity contribution in [2.75, 3.05) is 11.9 Å². The van der Waals surface area contributed by atoms with Gasteiger partial charge in [-0.1, -0.05) is 24.3 Å². The van der Waals surface area contributed by atoms with E-state index >= 15 is 0 Å². The lowest BCUT2D eigenvalue weighted by molar-refractivity contribution is -0.116. The number of hydrogen-bond donors (Lipinski definition) is 2. The standard InChI is InChI=1S/C20H17BrN4OS2/c21-16-10-9-15(28-16)19-18(14-8-4-5-11-22-14)24-20(27)25(19)12-17(26)23-13-6-2-1-3-7-13/h1-11,18-19H,12H2,(H,23,26)(H,24,27)/t18-,19-/m1/s1. The maximum atomic E-state index is 12.7. The van der Waals surface area contributed by atoms with E-state index in [0.717, 1.165) is 20.0 Å². The Morgan fingerprint density at radius 3 is 2.64 bits per heavy atom. The van der Waals surface area contributed by atoms with Crippen LogP contribution in [0.1, 0.15) is 22.7 Å². The molecule has 1 aliphatic rings. The molecule has 0 aliphatic carbocycles. The van der Waals surface area contributed by atoms with Gasteiger partial charge >= 0.3 is 0 Å². The van der Waals surface area contributed by atoms with Gasteiger partial charge in [0, 0.05) is 16.8 Å². The molecule has 0 bridgehead atoms. The lowest BCUT2D eigenvalue weighted by atomic mass is 10.0. The normalized spacial score (nSPS) is 18.8. The lowest BCUT2D eigenvalue weighted by Crippen LogP contribution is -2.36. The highest BCUT2D eigenvalue weighted by molar-refractivity contribution is 9.11. The third kappa shape index (κ3) is 4.09. The van der Waals surface area contributed by atoms with Crippen LogP contribution in [0.5, 0.6) is 0 Å². The molecule has 0 saturated carbocycles. The number of rotatable bonds is 5. The summed E-state index contributed by atoms with van der Waals surface area (Å²) in [6.45, 7) is 0.157. The molecule has 1 saturated heterocycles. The lowest BCUT2D eigenvalue weighted by Gasteiger charge is -2.26. The van der Waals surface area contributed by atoms with Gasteiger partial charge in [-0.05, 0) is 64.5 Å². The summed E-state index contributed by atoms with van der Waals surface area (Å²) in [5.41, 5.74) is 1.66. The van der Waals surface area contributed by atoms with Crippen molar-refractivity contribution in [3.8, 4) is 0 Å². The molecule has 2 atom stereocenters. The topological polar surface area (TPSA) is 57.3 Å². The summed E-state index contributed by atoms with van der Waals surface area (Å²) < 4.78 is 1.04. The number of pyridine rings is 1. The van der Waals surface area contributed by atoms with Crippen molar-refractivity contribution < 1.29 is 4.79 Å². The summed E-state index contributed by atoms with van der Waals surface area (Å²) in [7, 11) is 0. The molecule has 1 fully saturated rings. The summed E-state index contributed by atoms with van der Waals surface area (Å²) >= 11 is 10.8. The monoisotopic (exact) mass is 472 g/mol. The first-order valence-corrected chi connectivity index (χ1v) is 10.7. The number of nitrogens with zero attached hydrogens (tertiary/aromatic N) is 2. The number of thiophene rings is 1. The number of amides is 1. The number of anilines is 1. The molecule has 1 aromatic carbocycles. The Labute approximate surface area is 180 Å². The minimum atomic E-state index is -0.122. The molecule has 4 rings (SSSR count). The zero-order chi connectivity index (χ0) is 19.5. The highest BCUT2D eigenvalue weighted by Crippen LogP contribution is 2.42. The summed E-state index contributed by atoms with van der Waals surface area (Å²) in [5.74, 6) is -0.113. The van der Waals surface area contributed by atoms with Gasteiger partial charge < -0.3 is 15.5 Å². The molecule has 2 aromatic heterocycles. The molecule has 0 unspecified atom stereocenters. The van der Waals surface area contributed by atoms with E-state index < -0.39 is 0 Å². The molecule has 2 N–H and O–H groups in total. The van der Waals surface area contributed by atoms with Gasteiger partial charge in [0.1, 0.15) is 6.54 Å². The highest BCUT2D eigenvalue weighted by atomic mass is 79.9. The second kappa shape index (κ2) is 8.38. The maximum Gasteiger partial charge on any atom is 0.244 e. The second-order valence-electron chi connectivity index (χ2n) is 6.31. The quantitative estimate of drug-likeness (QED) is 0.534. The Balaban J connectivity index is 1.61. The van der Waals surface area contributed by atoms with Crippen molar-refractivity contribution >= 4 is 56.2 Å². The molecule has 1 amide bonds. The Morgan fingerprint density at radius 1 is 1.18 bits per heavy atom. The van der Waals surface area contributed by atoms with Crippen LogP contribution in [0.3, 0.4) is 0 Å². The number of halogens is 1. The zero-order valence-corrected chi connectivity index (χ0v) is 17.9. The number of nitrogens with one attached hydrogen (secondary N) is 2. The minimum Gasteiger partial charge on any atom is -0.352 e. The van der Waals surface area contributed by atoms with Crippen LogP contribution in [0.4, 0.5) is 5.69 Å². The van der Waals surface area contributed by atoms with E-state index in [4.69, 9.17) is 12.2 Å². The fourth-order valence-electron chi connectivity index (χ4n) is 3.25. The van der Waals surface area contributed by atoms with Gasteiger partial charge in [-0.25, -0.2) is 0 Å². The van der Waals surface area contributed by atoms with Crippen molar-refractivity contribution in [3.63, 3.8) is 0 Å². The summed E-state index contributed by atoms with van der Waals surface area (Å²) in [6, 6.07) is 19.1. The maximum absolute atomic E-state index is 12.7. The smallest absolute Gasteiger partial charge is 0.244 e. The van der Waals surface area contributed by atoms with E-state index in [1.54, 1.807) is 17.5 Å². The molecule has 28 heavy (non-hydrogen) atoms. The molecule has 142 valence electrons. The van der Waals surface area contributed by atoms with Crippen molar-refractivity contribution in [2.45, 2.75) is 12.1 Å². The first-order chi connectivity index (χ1) is 13.6. The van der Waals surface area contributed by atoms with E-state index in [-0.39, 0.29) is 24.5 Å². The zero-order valence-electron chi connectivity index (χ0n) is 14.7. The van der Waals surface area contributed by atoms with Crippen molar-refractivity contribution in [1.29, 1.82) is 0 Å². The molecule has 1 aliphatic heterocycles. The molecule has 3 aromatic rings. The first kappa shape index (κ1) is 19.0. The average molecular weight is 473 g/mol. The van der Waals surface area contributed by atoms with Crippen molar-refractivity contribution in [2.24, 2.45) is 0 Å². The number of thiocarbonyl (C=S) groups is 1. The number of carbonyl (C=O) groups is 1. The van der Waals surface area contributed by atoms with Gasteiger partial charge in [-0.3, -0.25) is 9.78 Å². The van der Waals surface area contributed by atoms with E-state index in [9.17, 15) is 4.79 Å². The van der Waals surface area contributed by atoms with Crippen LogP contribution in [0.2, 0.25) is 0 Å². The molecule has 3 heterocycles. The molecular weight excluding hydrogens is 456 g/mol. The van der Waals surface area contributed by atoms with E-state index in [2.05, 4.69) is 37.6 Å². The minimum absolute atomic E-state index is 0.111. The Kier molecular flexibility index (Phi) is 5.70. The Morgan fingerprint density at radius 2 is 1.96 bits per heavy atom. The Hall–Kier alpha value is -2.29. The van der Waals surface area contributed by atoms with Gasteiger partial charge in [-0.15, -0.1) is 11.3 Å². The van der Waals surface area contributed by atoms with Crippen LogP contribution in [0.25, 0.3) is 0 Å². The van der Waals surface area contributed by atoms with Crippen LogP contribution >= 0.6 is 39.5 Å². The summed E-state index contributed by atoms with van der Waals surface area (Å²) in [6.07, 6.45) is 1.77. The third-order valence-corrected chi connectivity index (χ3v) is 6.50.